The summed E-state index contributed by atoms with van der Waals surface area (Å²) >= 11 is 6.23. The van der Waals surface area contributed by atoms with Crippen molar-refractivity contribution in [3.05, 3.63) is 33.9 Å². The van der Waals surface area contributed by atoms with Gasteiger partial charge in [0.2, 0.25) is 11.6 Å². The summed E-state index contributed by atoms with van der Waals surface area (Å²) in [6, 6.07) is 3.23. The molecule has 0 aromatic heterocycles. The minimum Gasteiger partial charge on any atom is -0.507 e. The van der Waals surface area contributed by atoms with Gasteiger partial charge in [0.15, 0.2) is 0 Å². The summed E-state index contributed by atoms with van der Waals surface area (Å²) in [4.78, 5) is 36.4. The number of aliphatic hydroxyl groups is 1. The summed E-state index contributed by atoms with van der Waals surface area (Å²) in [6.07, 6.45) is 0.431. The molecule has 0 spiro atoms. The van der Waals surface area contributed by atoms with Crippen molar-refractivity contribution in [3.63, 3.8) is 0 Å². The molecule has 0 heterocycles. The fraction of sp³-hybridized carbons (Fsp3) is 0.353. The van der Waals surface area contributed by atoms with Gasteiger partial charge in [0.05, 0.1) is 19.8 Å². The lowest BCUT2D eigenvalue weighted by molar-refractivity contribution is -0.154. The quantitative estimate of drug-likeness (QED) is 0.499. The van der Waals surface area contributed by atoms with Crippen LogP contribution in [0.3, 0.4) is 0 Å². The van der Waals surface area contributed by atoms with E-state index < -0.39 is 29.4 Å². The van der Waals surface area contributed by atoms with Gasteiger partial charge in [-0.3, -0.25) is 14.4 Å². The van der Waals surface area contributed by atoms with Crippen molar-refractivity contribution >= 4 is 34.9 Å². The predicted octanol–water partition coefficient (Wildman–Crippen LogP) is 2.12. The number of ketones is 2. The topological polar surface area (TPSA) is 89.9 Å². The lowest BCUT2D eigenvalue weighted by Crippen LogP contribution is -2.42. The van der Waals surface area contributed by atoms with E-state index in [9.17, 15) is 19.5 Å². The van der Waals surface area contributed by atoms with Crippen molar-refractivity contribution in [1.29, 1.82) is 0 Å². The standard InChI is InChI=1S/C17H15ClO6/c1-23-11-4-3-10(18)8-5-7-6-9(17(22)24-2)14(19)16(21)12(7)15(20)13(8)11/h3-4,7,9,20H,5-6H2,1-2H3. The number of methoxy groups -OCH3 is 2. The molecule has 0 radical (unpaired) electrons. The Balaban J connectivity index is 2.16. The minimum absolute atomic E-state index is 0.0215. The molecular formula is C17H15ClO6. The number of rotatable bonds is 2. The average molecular weight is 351 g/mol. The molecule has 1 aromatic carbocycles. The molecule has 2 aliphatic rings. The van der Waals surface area contributed by atoms with E-state index in [0.717, 1.165) is 0 Å². The number of Topliss-reactive ketones (excluding diaryl/α,β-unsaturated/α-hetero) is 2. The molecule has 0 aliphatic heterocycles. The van der Waals surface area contributed by atoms with Crippen molar-refractivity contribution in [2.75, 3.05) is 14.2 Å². The first kappa shape index (κ1) is 16.5. The number of esters is 1. The first-order valence-corrected chi connectivity index (χ1v) is 7.73. The Morgan fingerprint density at radius 1 is 1.29 bits per heavy atom. The van der Waals surface area contributed by atoms with Gasteiger partial charge in [-0.2, -0.15) is 0 Å². The number of fused-ring (bicyclic) bond motifs is 2. The second-order valence-corrected chi connectivity index (χ2v) is 6.18. The van der Waals surface area contributed by atoms with Crippen LogP contribution in [0.25, 0.3) is 5.76 Å². The van der Waals surface area contributed by atoms with Gasteiger partial charge < -0.3 is 14.6 Å². The zero-order valence-corrected chi connectivity index (χ0v) is 13.8. The number of halogens is 1. The fourth-order valence-electron chi connectivity index (χ4n) is 3.43. The molecule has 0 bridgehead atoms. The SMILES string of the molecule is COC(=O)C1CC2Cc3c(Cl)ccc(OC)c3C(O)=C2C(=O)C1=O. The first-order chi connectivity index (χ1) is 11.4. The number of benzene rings is 1. The van der Waals surface area contributed by atoms with Crippen molar-refractivity contribution in [3.8, 4) is 5.75 Å². The highest BCUT2D eigenvalue weighted by molar-refractivity contribution is 6.48. The molecule has 1 aromatic rings. The van der Waals surface area contributed by atoms with Crippen molar-refractivity contribution in [1.82, 2.24) is 0 Å². The van der Waals surface area contributed by atoms with E-state index in [1.165, 1.54) is 14.2 Å². The third kappa shape index (κ3) is 2.29. The molecule has 2 atom stereocenters. The normalized spacial score (nSPS) is 22.8. The van der Waals surface area contributed by atoms with E-state index in [-0.39, 0.29) is 17.8 Å². The monoisotopic (exact) mass is 350 g/mol. The lowest BCUT2D eigenvalue weighted by Gasteiger charge is -2.33. The van der Waals surface area contributed by atoms with E-state index in [1.54, 1.807) is 12.1 Å². The van der Waals surface area contributed by atoms with Crippen LogP contribution in [0.1, 0.15) is 17.5 Å². The van der Waals surface area contributed by atoms with Gasteiger partial charge in [-0.25, -0.2) is 0 Å². The van der Waals surface area contributed by atoms with E-state index in [2.05, 4.69) is 4.74 Å². The molecule has 1 N–H and O–H groups in total. The third-order valence-electron chi connectivity index (χ3n) is 4.58. The maximum atomic E-state index is 12.4. The zero-order chi connectivity index (χ0) is 17.6. The Morgan fingerprint density at radius 3 is 2.62 bits per heavy atom. The molecule has 2 aliphatic carbocycles. The van der Waals surface area contributed by atoms with Gasteiger partial charge in [0, 0.05) is 10.6 Å². The van der Waals surface area contributed by atoms with Gasteiger partial charge in [-0.15, -0.1) is 0 Å². The van der Waals surface area contributed by atoms with Crippen molar-refractivity contribution in [2.24, 2.45) is 11.8 Å². The summed E-state index contributed by atoms with van der Waals surface area (Å²) in [5, 5.41) is 11.0. The van der Waals surface area contributed by atoms with E-state index >= 15 is 0 Å². The molecule has 3 rings (SSSR count). The smallest absolute Gasteiger partial charge is 0.316 e. The highest BCUT2D eigenvalue weighted by Gasteiger charge is 2.47. The zero-order valence-electron chi connectivity index (χ0n) is 13.1. The van der Waals surface area contributed by atoms with Crippen LogP contribution < -0.4 is 4.74 Å². The number of hydrogen-bond acceptors (Lipinski definition) is 6. The lowest BCUT2D eigenvalue weighted by atomic mass is 9.69. The van der Waals surface area contributed by atoms with Crippen LogP contribution in [-0.4, -0.2) is 36.9 Å². The first-order valence-electron chi connectivity index (χ1n) is 7.35. The van der Waals surface area contributed by atoms with Crippen LogP contribution in [-0.2, 0) is 25.5 Å². The summed E-state index contributed by atoms with van der Waals surface area (Å²) in [5.41, 5.74) is 0.982. The van der Waals surface area contributed by atoms with Crippen LogP contribution in [0, 0.1) is 11.8 Å². The van der Waals surface area contributed by atoms with Crippen molar-refractivity contribution < 1.29 is 29.0 Å². The predicted molar refractivity (Wildman–Crippen MR) is 84.9 cm³/mol. The van der Waals surface area contributed by atoms with Crippen LogP contribution in [0.15, 0.2) is 17.7 Å². The Bertz CT molecular complexity index is 795. The second-order valence-electron chi connectivity index (χ2n) is 5.77. The van der Waals surface area contributed by atoms with E-state index in [4.69, 9.17) is 16.3 Å². The van der Waals surface area contributed by atoms with Gasteiger partial charge in [-0.1, -0.05) is 11.6 Å². The maximum absolute atomic E-state index is 12.4. The highest BCUT2D eigenvalue weighted by atomic mass is 35.5. The number of ether oxygens (including phenoxy) is 2. The van der Waals surface area contributed by atoms with Crippen molar-refractivity contribution in [2.45, 2.75) is 12.8 Å². The molecule has 0 saturated heterocycles. The molecule has 24 heavy (non-hydrogen) atoms. The number of hydrogen-bond donors (Lipinski definition) is 1. The molecule has 1 fully saturated rings. The van der Waals surface area contributed by atoms with Gasteiger partial charge >= 0.3 is 5.97 Å². The Hall–Kier alpha value is -2.34. The highest BCUT2D eigenvalue weighted by Crippen LogP contribution is 2.46. The Morgan fingerprint density at radius 2 is 2.00 bits per heavy atom. The molecule has 0 amide bonds. The van der Waals surface area contributed by atoms with Crippen LogP contribution in [0.5, 0.6) is 5.75 Å². The number of allylic oxidation sites excluding steroid dienone is 1. The minimum atomic E-state index is -1.14. The molecule has 126 valence electrons. The average Bonchev–Trinajstić information content (AvgIpc) is 2.58. The van der Waals surface area contributed by atoms with Crippen LogP contribution >= 0.6 is 11.6 Å². The summed E-state index contributed by atoms with van der Waals surface area (Å²) < 4.78 is 9.84. The third-order valence-corrected chi connectivity index (χ3v) is 4.93. The van der Waals surface area contributed by atoms with Crippen LogP contribution in [0.4, 0.5) is 0 Å². The summed E-state index contributed by atoms with van der Waals surface area (Å²) in [5.74, 6) is -4.01. The molecule has 7 heteroatoms. The largest absolute Gasteiger partial charge is 0.507 e. The molecule has 1 saturated carbocycles. The summed E-state index contributed by atoms with van der Waals surface area (Å²) in [7, 11) is 2.61. The van der Waals surface area contributed by atoms with Crippen LogP contribution in [0.2, 0.25) is 5.02 Å². The Labute approximate surface area is 143 Å². The molecule has 6 nitrogen and oxygen atoms in total. The summed E-state index contributed by atoms with van der Waals surface area (Å²) in [6.45, 7) is 0. The number of carbonyl (C=O) groups is 3. The fourth-order valence-corrected chi connectivity index (χ4v) is 3.66. The van der Waals surface area contributed by atoms with Gasteiger partial charge in [0.25, 0.3) is 0 Å². The molecule has 2 unspecified atom stereocenters. The maximum Gasteiger partial charge on any atom is 0.316 e. The van der Waals surface area contributed by atoms with Gasteiger partial charge in [0.1, 0.15) is 17.4 Å². The van der Waals surface area contributed by atoms with E-state index in [1.807, 2.05) is 0 Å². The second kappa shape index (κ2) is 5.94. The number of aliphatic hydroxyl groups excluding tert-OH is 1. The number of carbonyl (C=O) groups excluding carboxylic acids is 3. The van der Waals surface area contributed by atoms with E-state index in [0.29, 0.717) is 28.3 Å². The molecular weight excluding hydrogens is 336 g/mol. The van der Waals surface area contributed by atoms with Gasteiger partial charge in [-0.05, 0) is 36.5 Å². The Kier molecular flexibility index (Phi) is 4.09.